The fraction of sp³-hybridized carbons (Fsp3) is 0.562. The number of benzene rings is 1. The van der Waals surface area contributed by atoms with Gasteiger partial charge < -0.3 is 15.4 Å². The van der Waals surface area contributed by atoms with E-state index in [2.05, 4.69) is 27.7 Å². The highest BCUT2D eigenvalue weighted by Crippen LogP contribution is 2.25. The van der Waals surface area contributed by atoms with Gasteiger partial charge in [0.05, 0.1) is 13.2 Å². The van der Waals surface area contributed by atoms with Gasteiger partial charge in [-0.15, -0.1) is 0 Å². The fourth-order valence-corrected chi connectivity index (χ4v) is 2.87. The highest BCUT2D eigenvalue weighted by Gasteiger charge is 2.22. The van der Waals surface area contributed by atoms with E-state index in [1.807, 2.05) is 19.2 Å². The first kappa shape index (κ1) is 16.0. The third kappa shape index (κ3) is 4.58. The minimum absolute atomic E-state index is 0.350. The summed E-state index contributed by atoms with van der Waals surface area (Å²) in [6, 6.07) is 8.72. The molecule has 0 amide bonds. The van der Waals surface area contributed by atoms with Crippen LogP contribution in [0.25, 0.3) is 0 Å². The first-order valence-corrected chi connectivity index (χ1v) is 7.99. The lowest BCUT2D eigenvalue weighted by molar-refractivity contribution is 0.164. The van der Waals surface area contributed by atoms with Gasteiger partial charge in [-0.2, -0.15) is 0 Å². The number of ether oxygens (including phenoxy) is 1. The lowest BCUT2D eigenvalue weighted by Gasteiger charge is -2.35. The lowest BCUT2D eigenvalue weighted by Crippen LogP contribution is -2.42. The molecule has 1 saturated heterocycles. The summed E-state index contributed by atoms with van der Waals surface area (Å²) in [6.45, 7) is 3.14. The van der Waals surface area contributed by atoms with Crippen molar-refractivity contribution < 1.29 is 4.74 Å². The number of nitrogens with zero attached hydrogens (tertiary/aromatic N) is 1. The lowest BCUT2D eigenvalue weighted by atomic mass is 10.0. The Bertz CT molecular complexity index is 443. The summed E-state index contributed by atoms with van der Waals surface area (Å²) in [5, 5.41) is 6.98. The number of likely N-dealkylation sites (tertiary alicyclic amines) is 1. The van der Waals surface area contributed by atoms with E-state index < -0.39 is 0 Å². The zero-order chi connectivity index (χ0) is 15.1. The second-order valence-corrected chi connectivity index (χ2v) is 5.75. The Labute approximate surface area is 132 Å². The van der Waals surface area contributed by atoms with E-state index in [-0.39, 0.29) is 0 Å². The number of nitrogens with one attached hydrogen (secondary N) is 2. The van der Waals surface area contributed by atoms with Gasteiger partial charge in [-0.25, -0.2) is 0 Å². The van der Waals surface area contributed by atoms with Crippen LogP contribution in [0.1, 0.15) is 30.9 Å². The molecular formula is C16H25N3OS. The number of hydrogen-bond donors (Lipinski definition) is 2. The zero-order valence-corrected chi connectivity index (χ0v) is 13.7. The summed E-state index contributed by atoms with van der Waals surface area (Å²) in [6.07, 6.45) is 3.90. The molecule has 1 fully saturated rings. The Hall–Kier alpha value is -1.33. The topological polar surface area (TPSA) is 36.5 Å². The molecule has 21 heavy (non-hydrogen) atoms. The molecule has 5 heteroatoms. The molecule has 0 aromatic heterocycles. The fourth-order valence-electron chi connectivity index (χ4n) is 2.79. The molecule has 2 N–H and O–H groups in total. The second kappa shape index (κ2) is 8.20. The molecule has 0 aliphatic carbocycles. The molecule has 1 aromatic rings. The highest BCUT2D eigenvalue weighted by molar-refractivity contribution is 7.80. The maximum atomic E-state index is 5.25. The Kier molecular flexibility index (Phi) is 6.26. The second-order valence-electron chi connectivity index (χ2n) is 5.35. The molecule has 0 saturated carbocycles. The van der Waals surface area contributed by atoms with Crippen LogP contribution in [-0.2, 0) is 0 Å². The first-order valence-electron chi connectivity index (χ1n) is 7.58. The van der Waals surface area contributed by atoms with E-state index >= 15 is 0 Å². The average molecular weight is 307 g/mol. The van der Waals surface area contributed by atoms with E-state index in [0.29, 0.717) is 11.2 Å². The van der Waals surface area contributed by atoms with Crippen LogP contribution in [0.4, 0.5) is 0 Å². The van der Waals surface area contributed by atoms with Crippen LogP contribution in [0.3, 0.4) is 0 Å². The molecule has 116 valence electrons. The maximum absolute atomic E-state index is 5.25. The van der Waals surface area contributed by atoms with Crippen molar-refractivity contribution in [3.05, 3.63) is 29.8 Å². The number of hydrogen-bond acceptors (Lipinski definition) is 3. The predicted molar refractivity (Wildman–Crippen MR) is 90.8 cm³/mol. The molecule has 1 aromatic carbocycles. The molecule has 0 spiro atoms. The smallest absolute Gasteiger partial charge is 0.166 e. The average Bonchev–Trinajstić information content (AvgIpc) is 2.56. The molecule has 1 atom stereocenters. The van der Waals surface area contributed by atoms with E-state index in [1.54, 1.807) is 7.11 Å². The van der Waals surface area contributed by atoms with Crippen molar-refractivity contribution in [2.24, 2.45) is 0 Å². The van der Waals surface area contributed by atoms with Gasteiger partial charge in [-0.1, -0.05) is 18.6 Å². The van der Waals surface area contributed by atoms with Crippen molar-refractivity contribution in [3.63, 3.8) is 0 Å². The first-order chi connectivity index (χ1) is 10.2. The molecule has 2 rings (SSSR count). The number of methoxy groups -OCH3 is 1. The summed E-state index contributed by atoms with van der Waals surface area (Å²) in [5.41, 5.74) is 1.31. The Morgan fingerprint density at radius 1 is 1.24 bits per heavy atom. The van der Waals surface area contributed by atoms with Crippen LogP contribution in [-0.4, -0.2) is 43.8 Å². The molecule has 1 heterocycles. The number of piperidine rings is 1. The minimum Gasteiger partial charge on any atom is -0.497 e. The molecular weight excluding hydrogens is 282 g/mol. The Balaban J connectivity index is 2.10. The van der Waals surface area contributed by atoms with Crippen molar-refractivity contribution in [2.45, 2.75) is 25.3 Å². The standard InChI is InChI=1S/C16H25N3OS/c1-17-16(21)18-12-15(19-10-4-3-5-11-19)13-6-8-14(20-2)9-7-13/h6-9,15H,3-5,10-12H2,1-2H3,(H2,17,18,21)/t15-/m1/s1. The van der Waals surface area contributed by atoms with Gasteiger partial charge in [-0.05, 0) is 55.8 Å². The van der Waals surface area contributed by atoms with Crippen LogP contribution < -0.4 is 15.4 Å². The Morgan fingerprint density at radius 3 is 2.48 bits per heavy atom. The Morgan fingerprint density at radius 2 is 1.90 bits per heavy atom. The predicted octanol–water partition coefficient (Wildman–Crippen LogP) is 2.32. The van der Waals surface area contributed by atoms with Gasteiger partial charge in [0.25, 0.3) is 0 Å². The largest absolute Gasteiger partial charge is 0.497 e. The highest BCUT2D eigenvalue weighted by atomic mass is 32.1. The van der Waals surface area contributed by atoms with Crippen LogP contribution in [0.15, 0.2) is 24.3 Å². The van der Waals surface area contributed by atoms with Gasteiger partial charge in [-0.3, -0.25) is 4.90 Å². The van der Waals surface area contributed by atoms with E-state index in [1.165, 1.54) is 24.8 Å². The van der Waals surface area contributed by atoms with Crippen molar-refractivity contribution in [1.82, 2.24) is 15.5 Å². The van der Waals surface area contributed by atoms with Gasteiger partial charge in [0.1, 0.15) is 5.75 Å². The quantitative estimate of drug-likeness (QED) is 0.817. The summed E-state index contributed by atoms with van der Waals surface area (Å²) in [4.78, 5) is 2.55. The van der Waals surface area contributed by atoms with Crippen LogP contribution >= 0.6 is 12.2 Å². The van der Waals surface area contributed by atoms with Gasteiger partial charge in [0.15, 0.2) is 5.11 Å². The van der Waals surface area contributed by atoms with Crippen LogP contribution in [0.2, 0.25) is 0 Å². The molecule has 1 aliphatic rings. The monoisotopic (exact) mass is 307 g/mol. The summed E-state index contributed by atoms with van der Waals surface area (Å²) >= 11 is 5.20. The molecule has 0 bridgehead atoms. The van der Waals surface area contributed by atoms with Gasteiger partial charge >= 0.3 is 0 Å². The number of thiocarbonyl (C=S) groups is 1. The maximum Gasteiger partial charge on any atom is 0.166 e. The minimum atomic E-state index is 0.350. The van der Waals surface area contributed by atoms with E-state index in [4.69, 9.17) is 17.0 Å². The van der Waals surface area contributed by atoms with Crippen LogP contribution in [0, 0.1) is 0 Å². The van der Waals surface area contributed by atoms with Gasteiger partial charge in [0, 0.05) is 13.6 Å². The molecule has 0 unspecified atom stereocenters. The van der Waals surface area contributed by atoms with Gasteiger partial charge in [0.2, 0.25) is 0 Å². The van der Waals surface area contributed by atoms with E-state index in [0.717, 1.165) is 25.4 Å². The van der Waals surface area contributed by atoms with E-state index in [9.17, 15) is 0 Å². The number of rotatable bonds is 5. The normalized spacial score (nSPS) is 17.0. The molecule has 1 aliphatic heterocycles. The third-order valence-electron chi connectivity index (χ3n) is 4.02. The molecule has 4 nitrogen and oxygen atoms in total. The summed E-state index contributed by atoms with van der Waals surface area (Å²) < 4.78 is 5.25. The molecule has 0 radical (unpaired) electrons. The zero-order valence-electron chi connectivity index (χ0n) is 12.9. The van der Waals surface area contributed by atoms with Crippen molar-refractivity contribution in [1.29, 1.82) is 0 Å². The van der Waals surface area contributed by atoms with Crippen molar-refractivity contribution in [3.8, 4) is 5.75 Å². The summed E-state index contributed by atoms with van der Waals surface area (Å²) in [7, 11) is 3.54. The summed E-state index contributed by atoms with van der Waals surface area (Å²) in [5.74, 6) is 0.898. The third-order valence-corrected chi connectivity index (χ3v) is 4.36. The SMILES string of the molecule is CNC(=S)NC[C@H](c1ccc(OC)cc1)N1CCCCC1. The van der Waals surface area contributed by atoms with Crippen LogP contribution in [0.5, 0.6) is 5.75 Å². The van der Waals surface area contributed by atoms with Crippen molar-refractivity contribution >= 4 is 17.3 Å². The van der Waals surface area contributed by atoms with Crippen molar-refractivity contribution in [2.75, 3.05) is 33.8 Å².